The summed E-state index contributed by atoms with van der Waals surface area (Å²) in [5.41, 5.74) is 2.21. The Hall–Kier alpha value is -1.77. The van der Waals surface area contributed by atoms with Crippen molar-refractivity contribution >= 4 is 65.9 Å². The van der Waals surface area contributed by atoms with Gasteiger partial charge in [-0.3, -0.25) is 9.78 Å². The van der Waals surface area contributed by atoms with E-state index in [1.807, 2.05) is 42.6 Å². The molecule has 2 aromatic heterocycles. The minimum Gasteiger partial charge on any atom is -0.497 e. The number of thioether (sulfide) groups is 1. The normalized spacial score (nSPS) is 17.4. The number of halogens is 3. The number of aryl methyl sites for hydroxylation is 1. The molecule has 10 heteroatoms. The zero-order valence-electron chi connectivity index (χ0n) is 20.2. The Bertz CT molecular complexity index is 1080. The lowest BCUT2D eigenvalue weighted by molar-refractivity contribution is -0.146. The lowest BCUT2D eigenvalue weighted by Gasteiger charge is -2.36. The Morgan fingerprint density at radius 2 is 1.97 bits per heavy atom. The van der Waals surface area contributed by atoms with E-state index in [-0.39, 0.29) is 49.1 Å². The minimum absolute atomic E-state index is 0. The molecule has 2 atom stereocenters. The summed E-state index contributed by atoms with van der Waals surface area (Å²) in [6.07, 6.45) is 7.42. The monoisotopic (exact) mass is 573 g/mol. The number of methoxy groups -OCH3 is 1. The summed E-state index contributed by atoms with van der Waals surface area (Å²) < 4.78 is 5.38. The molecule has 0 spiro atoms. The highest BCUT2D eigenvalue weighted by atomic mass is 35.5. The van der Waals surface area contributed by atoms with Crippen molar-refractivity contribution in [2.75, 3.05) is 32.5 Å². The van der Waals surface area contributed by atoms with Crippen molar-refractivity contribution in [1.82, 2.24) is 14.9 Å². The SMILES string of the molecule is COc1ccc2nccc(CCC[C@@H]3CCN(CCSc4ccccn4)C[C@@H]3C(=O)O)c2c1.Cl.Cl.Cl. The number of piperidine rings is 1. The molecule has 0 amide bonds. The third-order valence-corrected chi connectivity index (χ3v) is 7.44. The van der Waals surface area contributed by atoms with E-state index >= 15 is 0 Å². The molecule has 0 unspecified atom stereocenters. The first-order valence-corrected chi connectivity index (χ1v) is 12.5. The summed E-state index contributed by atoms with van der Waals surface area (Å²) >= 11 is 1.73. The van der Waals surface area contributed by atoms with Crippen molar-refractivity contribution < 1.29 is 14.6 Å². The van der Waals surface area contributed by atoms with Crippen molar-refractivity contribution in [1.29, 1.82) is 0 Å². The summed E-state index contributed by atoms with van der Waals surface area (Å²) in [6.45, 7) is 2.49. The number of aromatic nitrogens is 2. The molecule has 4 rings (SSSR count). The van der Waals surface area contributed by atoms with Crippen molar-refractivity contribution in [3.63, 3.8) is 0 Å². The van der Waals surface area contributed by atoms with Gasteiger partial charge in [0.05, 0.1) is 23.6 Å². The second-order valence-corrected chi connectivity index (χ2v) is 9.67. The van der Waals surface area contributed by atoms with Crippen LogP contribution in [-0.4, -0.2) is 58.4 Å². The van der Waals surface area contributed by atoms with Gasteiger partial charge in [-0.25, -0.2) is 4.98 Å². The molecular formula is C26H34Cl3N3O3S. The average Bonchev–Trinajstić information content (AvgIpc) is 2.85. The van der Waals surface area contributed by atoms with Crippen molar-refractivity contribution in [3.8, 4) is 5.75 Å². The van der Waals surface area contributed by atoms with Gasteiger partial charge in [-0.2, -0.15) is 0 Å². The molecule has 198 valence electrons. The van der Waals surface area contributed by atoms with Crippen LogP contribution in [0.5, 0.6) is 5.75 Å². The first-order chi connectivity index (χ1) is 16.1. The first kappa shape index (κ1) is 32.3. The van der Waals surface area contributed by atoms with Crippen LogP contribution >= 0.6 is 49.0 Å². The second-order valence-electron chi connectivity index (χ2n) is 8.56. The van der Waals surface area contributed by atoms with E-state index in [1.165, 1.54) is 5.56 Å². The Morgan fingerprint density at radius 3 is 2.69 bits per heavy atom. The molecule has 3 aromatic rings. The highest BCUT2D eigenvalue weighted by Crippen LogP contribution is 2.30. The van der Waals surface area contributed by atoms with Crippen LogP contribution in [0.3, 0.4) is 0 Å². The number of fused-ring (bicyclic) bond motifs is 1. The molecular weight excluding hydrogens is 541 g/mol. The maximum atomic E-state index is 12.0. The summed E-state index contributed by atoms with van der Waals surface area (Å²) in [6, 6.07) is 13.9. The summed E-state index contributed by atoms with van der Waals surface area (Å²) in [7, 11) is 1.67. The fourth-order valence-electron chi connectivity index (χ4n) is 4.69. The number of hydrogen-bond acceptors (Lipinski definition) is 6. The van der Waals surface area contributed by atoms with Gasteiger partial charge in [-0.1, -0.05) is 6.07 Å². The Balaban J connectivity index is 0.00000216. The predicted molar refractivity (Wildman–Crippen MR) is 154 cm³/mol. The molecule has 0 aliphatic carbocycles. The molecule has 36 heavy (non-hydrogen) atoms. The lowest BCUT2D eigenvalue weighted by atomic mass is 9.81. The van der Waals surface area contributed by atoms with E-state index in [4.69, 9.17) is 4.74 Å². The van der Waals surface area contributed by atoms with Gasteiger partial charge >= 0.3 is 5.97 Å². The standard InChI is InChI=1S/C26H31N3O3S.3ClH/c1-32-21-8-9-24-22(17-21)19(10-13-27-24)5-4-6-20-11-14-29(18-23(20)26(30)31)15-16-33-25-7-2-3-12-28-25;;;/h2-3,7-10,12-13,17,20,23H,4-6,11,14-16,18H2,1H3,(H,30,31);3*1H/t20-,23+;;;/m1.../s1. The summed E-state index contributed by atoms with van der Waals surface area (Å²) in [5, 5.41) is 12.0. The molecule has 0 saturated carbocycles. The number of benzene rings is 1. The van der Waals surface area contributed by atoms with Gasteiger partial charge in [0.15, 0.2) is 0 Å². The van der Waals surface area contributed by atoms with Crippen molar-refractivity contribution in [2.24, 2.45) is 11.8 Å². The molecule has 1 saturated heterocycles. The molecule has 1 fully saturated rings. The lowest BCUT2D eigenvalue weighted by Crippen LogP contribution is -2.44. The first-order valence-electron chi connectivity index (χ1n) is 11.5. The predicted octanol–water partition coefficient (Wildman–Crippen LogP) is 6.04. The number of carbonyl (C=O) groups is 1. The average molecular weight is 575 g/mol. The van der Waals surface area contributed by atoms with E-state index < -0.39 is 5.97 Å². The van der Waals surface area contributed by atoms with Crippen molar-refractivity contribution in [2.45, 2.75) is 30.7 Å². The molecule has 1 aromatic carbocycles. The van der Waals surface area contributed by atoms with Gasteiger partial charge in [0.2, 0.25) is 0 Å². The third kappa shape index (κ3) is 8.67. The highest BCUT2D eigenvalue weighted by molar-refractivity contribution is 7.99. The minimum atomic E-state index is -0.666. The van der Waals surface area contributed by atoms with Crippen LogP contribution in [0.15, 0.2) is 59.9 Å². The van der Waals surface area contributed by atoms with Gasteiger partial charge < -0.3 is 14.7 Å². The number of aliphatic carboxylic acids is 1. The van der Waals surface area contributed by atoms with Crippen LogP contribution in [0.2, 0.25) is 0 Å². The number of carboxylic acids is 1. The van der Waals surface area contributed by atoms with Gasteiger partial charge in [0, 0.05) is 36.6 Å². The quantitative estimate of drug-likeness (QED) is 0.296. The third-order valence-electron chi connectivity index (χ3n) is 6.51. The molecule has 1 aliphatic heterocycles. The van der Waals surface area contributed by atoms with Crippen LogP contribution in [0, 0.1) is 11.8 Å². The van der Waals surface area contributed by atoms with Crippen LogP contribution in [0.1, 0.15) is 24.8 Å². The Labute approximate surface area is 235 Å². The van der Waals surface area contributed by atoms with Crippen molar-refractivity contribution in [3.05, 3.63) is 60.4 Å². The van der Waals surface area contributed by atoms with Gasteiger partial charge in [0.1, 0.15) is 5.75 Å². The number of likely N-dealkylation sites (tertiary alicyclic amines) is 1. The van der Waals surface area contributed by atoms with Gasteiger partial charge in [0.25, 0.3) is 0 Å². The molecule has 0 bridgehead atoms. The molecule has 6 nitrogen and oxygen atoms in total. The van der Waals surface area contributed by atoms with Gasteiger partial charge in [-0.15, -0.1) is 49.0 Å². The number of rotatable bonds is 10. The summed E-state index contributed by atoms with van der Waals surface area (Å²) in [5.74, 6) is 1.02. The van der Waals surface area contributed by atoms with E-state index in [9.17, 15) is 9.90 Å². The Morgan fingerprint density at radius 1 is 1.14 bits per heavy atom. The maximum Gasteiger partial charge on any atom is 0.308 e. The van der Waals surface area contributed by atoms with Crippen LogP contribution in [0.25, 0.3) is 10.9 Å². The highest BCUT2D eigenvalue weighted by Gasteiger charge is 2.33. The van der Waals surface area contributed by atoms with Crippen LogP contribution in [-0.2, 0) is 11.2 Å². The zero-order valence-corrected chi connectivity index (χ0v) is 23.5. The summed E-state index contributed by atoms with van der Waals surface area (Å²) in [4.78, 5) is 23.1. The number of hydrogen-bond donors (Lipinski definition) is 1. The number of nitrogens with zero attached hydrogens (tertiary/aromatic N) is 3. The molecule has 1 aliphatic rings. The zero-order chi connectivity index (χ0) is 23.0. The fraction of sp³-hybridized carbons (Fsp3) is 0.423. The Kier molecular flexibility index (Phi) is 14.5. The number of pyridine rings is 2. The van der Waals surface area contributed by atoms with Crippen LogP contribution < -0.4 is 4.74 Å². The smallest absolute Gasteiger partial charge is 0.308 e. The van der Waals surface area contributed by atoms with E-state index in [1.54, 1.807) is 25.1 Å². The second kappa shape index (κ2) is 16.2. The largest absolute Gasteiger partial charge is 0.497 e. The molecule has 3 heterocycles. The van der Waals surface area contributed by atoms with E-state index in [2.05, 4.69) is 20.9 Å². The molecule has 1 N–H and O–H groups in total. The van der Waals surface area contributed by atoms with Crippen LogP contribution in [0.4, 0.5) is 0 Å². The molecule has 0 radical (unpaired) electrons. The number of ether oxygens (including phenoxy) is 1. The van der Waals surface area contributed by atoms with Gasteiger partial charge in [-0.05, 0) is 80.1 Å². The topological polar surface area (TPSA) is 75.5 Å². The maximum absolute atomic E-state index is 12.0. The van der Waals surface area contributed by atoms with E-state index in [0.717, 1.165) is 66.2 Å². The van der Waals surface area contributed by atoms with E-state index in [0.29, 0.717) is 6.54 Å². The fourth-order valence-corrected chi connectivity index (χ4v) is 5.56. The number of carboxylic acid groups (broad SMARTS) is 1.